The van der Waals surface area contributed by atoms with E-state index in [-0.39, 0.29) is 35.8 Å². The first kappa shape index (κ1) is 23.9. The van der Waals surface area contributed by atoms with Gasteiger partial charge in [0.05, 0.1) is 18.4 Å². The number of benzene rings is 2. The molecule has 1 aliphatic heterocycles. The van der Waals surface area contributed by atoms with Gasteiger partial charge in [-0.25, -0.2) is 8.42 Å². The largest absolute Gasteiger partial charge is 0.497 e. The Bertz CT molecular complexity index is 1260. The van der Waals surface area contributed by atoms with Crippen molar-refractivity contribution >= 4 is 21.9 Å². The zero-order chi connectivity index (χ0) is 24.3. The van der Waals surface area contributed by atoms with Crippen LogP contribution in [0.5, 0.6) is 5.75 Å². The maximum Gasteiger partial charge on any atom is 0.322 e. The van der Waals surface area contributed by atoms with Gasteiger partial charge in [-0.1, -0.05) is 28.9 Å². The van der Waals surface area contributed by atoms with Crippen LogP contribution in [0.15, 0.2) is 51.8 Å². The monoisotopic (exact) mass is 484 g/mol. The van der Waals surface area contributed by atoms with Crippen molar-refractivity contribution in [3.05, 3.63) is 65.0 Å². The second kappa shape index (κ2) is 9.94. The quantitative estimate of drug-likeness (QED) is 0.547. The molecule has 1 fully saturated rings. The number of methoxy groups -OCH3 is 1. The molecule has 0 atom stereocenters. The van der Waals surface area contributed by atoms with Crippen LogP contribution >= 0.6 is 0 Å². The predicted octanol–water partition coefficient (Wildman–Crippen LogP) is 3.33. The minimum absolute atomic E-state index is 0.0537. The topological polar surface area (TPSA) is 115 Å². The fourth-order valence-corrected chi connectivity index (χ4v) is 5.51. The van der Waals surface area contributed by atoms with Crippen LogP contribution in [0.1, 0.15) is 35.4 Å². The number of aryl methyl sites for hydroxylation is 2. The number of nitrogens with zero attached hydrogens (tertiary/aromatic N) is 3. The summed E-state index contributed by atoms with van der Waals surface area (Å²) in [5.41, 5.74) is 3.40. The molecule has 9 nitrogen and oxygen atoms in total. The summed E-state index contributed by atoms with van der Waals surface area (Å²) < 4.78 is 37.9. The molecule has 2 aromatic carbocycles. The van der Waals surface area contributed by atoms with Gasteiger partial charge in [0.1, 0.15) is 5.75 Å². The number of sulfonamides is 1. The summed E-state index contributed by atoms with van der Waals surface area (Å²) in [5, 5.41) is 10.7. The van der Waals surface area contributed by atoms with Gasteiger partial charge in [0.2, 0.25) is 21.8 Å². The van der Waals surface area contributed by atoms with Crippen molar-refractivity contribution in [2.24, 2.45) is 5.92 Å². The molecule has 1 saturated heterocycles. The number of carbonyl (C=O) groups is 1. The highest BCUT2D eigenvalue weighted by Gasteiger charge is 2.32. The number of aromatic nitrogens is 2. The van der Waals surface area contributed by atoms with Gasteiger partial charge in [-0.3, -0.25) is 10.1 Å². The molecule has 3 aromatic rings. The van der Waals surface area contributed by atoms with Crippen molar-refractivity contribution in [2.45, 2.75) is 38.0 Å². The standard InChI is InChI=1S/C24H28N4O5S/c1-16-4-5-19(17(2)14-16)15-22-26-27-24(33-22)25-23(29)18-10-12-28(13-11-18)34(30,31)21-8-6-20(32-3)7-9-21/h4-9,14,18H,10-13,15H2,1-3H3,(H,25,27,29). The number of ether oxygens (including phenoxy) is 1. The lowest BCUT2D eigenvalue weighted by Crippen LogP contribution is -2.41. The number of piperidine rings is 1. The molecule has 4 rings (SSSR count). The molecule has 1 N–H and O–H groups in total. The van der Waals surface area contributed by atoms with Crippen molar-refractivity contribution in [1.82, 2.24) is 14.5 Å². The van der Waals surface area contributed by atoms with E-state index < -0.39 is 10.0 Å². The number of nitrogens with one attached hydrogen (secondary N) is 1. The third-order valence-electron chi connectivity index (χ3n) is 6.06. The van der Waals surface area contributed by atoms with Gasteiger partial charge >= 0.3 is 6.01 Å². The molecular formula is C24H28N4O5S. The molecule has 0 spiro atoms. The minimum atomic E-state index is -3.62. The van der Waals surface area contributed by atoms with Gasteiger partial charge in [-0.05, 0) is 62.1 Å². The molecule has 0 bridgehead atoms. The van der Waals surface area contributed by atoms with Crippen molar-refractivity contribution < 1.29 is 22.4 Å². The van der Waals surface area contributed by atoms with Crippen LogP contribution in [-0.4, -0.2) is 49.0 Å². The van der Waals surface area contributed by atoms with Gasteiger partial charge in [0.25, 0.3) is 0 Å². The van der Waals surface area contributed by atoms with E-state index in [1.807, 2.05) is 26.0 Å². The normalized spacial score (nSPS) is 15.3. The Kier molecular flexibility index (Phi) is 6.99. The first-order chi connectivity index (χ1) is 16.3. The average Bonchev–Trinajstić information content (AvgIpc) is 3.27. The number of hydrogen-bond donors (Lipinski definition) is 1. The zero-order valence-electron chi connectivity index (χ0n) is 19.4. The van der Waals surface area contributed by atoms with E-state index in [9.17, 15) is 13.2 Å². The van der Waals surface area contributed by atoms with Gasteiger partial charge in [0.15, 0.2) is 0 Å². The molecule has 10 heteroatoms. The molecule has 1 aliphatic rings. The van der Waals surface area contributed by atoms with Crippen LogP contribution in [0.25, 0.3) is 0 Å². The highest BCUT2D eigenvalue weighted by Crippen LogP contribution is 2.26. The lowest BCUT2D eigenvalue weighted by Gasteiger charge is -2.30. The maximum atomic E-state index is 12.9. The molecule has 0 aliphatic carbocycles. The van der Waals surface area contributed by atoms with E-state index in [1.54, 1.807) is 12.1 Å². The van der Waals surface area contributed by atoms with Gasteiger partial charge in [-0.15, -0.1) is 5.10 Å². The van der Waals surface area contributed by atoms with E-state index in [1.165, 1.54) is 29.1 Å². The van der Waals surface area contributed by atoms with E-state index in [4.69, 9.17) is 9.15 Å². The summed E-state index contributed by atoms with van der Waals surface area (Å²) in [5.74, 6) is 0.426. The van der Waals surface area contributed by atoms with Gasteiger partial charge in [-0.2, -0.15) is 4.31 Å². The number of hydrogen-bond acceptors (Lipinski definition) is 7. The fraction of sp³-hybridized carbons (Fsp3) is 0.375. The highest BCUT2D eigenvalue weighted by molar-refractivity contribution is 7.89. The minimum Gasteiger partial charge on any atom is -0.497 e. The molecule has 34 heavy (non-hydrogen) atoms. The van der Waals surface area contributed by atoms with Crippen LogP contribution in [0, 0.1) is 19.8 Å². The van der Waals surface area contributed by atoms with E-state index in [2.05, 4.69) is 21.6 Å². The smallest absolute Gasteiger partial charge is 0.322 e. The van der Waals surface area contributed by atoms with Crippen LogP contribution in [0.2, 0.25) is 0 Å². The summed E-state index contributed by atoms with van der Waals surface area (Å²) in [4.78, 5) is 12.9. The molecular weight excluding hydrogens is 456 g/mol. The number of carbonyl (C=O) groups excluding carboxylic acids is 1. The Labute approximate surface area is 199 Å². The SMILES string of the molecule is COc1ccc(S(=O)(=O)N2CCC(C(=O)Nc3nnc(Cc4ccc(C)cc4C)o3)CC2)cc1. The van der Waals surface area contributed by atoms with Crippen molar-refractivity contribution in [3.8, 4) is 5.75 Å². The summed E-state index contributed by atoms with van der Waals surface area (Å²) >= 11 is 0. The third kappa shape index (κ3) is 5.28. The van der Waals surface area contributed by atoms with Crippen molar-refractivity contribution in [1.29, 1.82) is 0 Å². The van der Waals surface area contributed by atoms with E-state index in [0.29, 0.717) is 30.9 Å². The van der Waals surface area contributed by atoms with Crippen LogP contribution in [-0.2, 0) is 21.2 Å². The zero-order valence-corrected chi connectivity index (χ0v) is 20.3. The molecule has 0 saturated carbocycles. The Hall–Kier alpha value is -3.24. The maximum absolute atomic E-state index is 12.9. The number of rotatable bonds is 7. The molecule has 1 aromatic heterocycles. The van der Waals surface area contributed by atoms with Crippen molar-refractivity contribution in [2.75, 3.05) is 25.5 Å². The summed E-state index contributed by atoms with van der Waals surface area (Å²) in [7, 11) is -2.10. The molecule has 180 valence electrons. The predicted molar refractivity (Wildman–Crippen MR) is 126 cm³/mol. The van der Waals surface area contributed by atoms with Crippen LogP contribution in [0.4, 0.5) is 6.01 Å². The summed E-state index contributed by atoms with van der Waals surface area (Å²) in [6, 6.07) is 12.5. The van der Waals surface area contributed by atoms with Gasteiger partial charge < -0.3 is 9.15 Å². The lowest BCUT2D eigenvalue weighted by atomic mass is 9.97. The van der Waals surface area contributed by atoms with Crippen LogP contribution < -0.4 is 10.1 Å². The number of anilines is 1. The Morgan fingerprint density at radius 2 is 1.82 bits per heavy atom. The Balaban J connectivity index is 1.32. The summed E-state index contributed by atoms with van der Waals surface area (Å²) in [6.07, 6.45) is 1.30. The molecule has 1 amide bonds. The second-order valence-corrected chi connectivity index (χ2v) is 10.4. The van der Waals surface area contributed by atoms with Gasteiger partial charge in [0, 0.05) is 19.0 Å². The first-order valence-electron chi connectivity index (χ1n) is 11.1. The molecule has 2 heterocycles. The average molecular weight is 485 g/mol. The third-order valence-corrected chi connectivity index (χ3v) is 7.97. The summed E-state index contributed by atoms with van der Waals surface area (Å²) in [6.45, 7) is 4.58. The Morgan fingerprint density at radius 1 is 1.12 bits per heavy atom. The number of amides is 1. The molecule has 0 unspecified atom stereocenters. The second-order valence-electron chi connectivity index (χ2n) is 8.45. The van der Waals surface area contributed by atoms with E-state index in [0.717, 1.165) is 11.1 Å². The highest BCUT2D eigenvalue weighted by atomic mass is 32.2. The fourth-order valence-electron chi connectivity index (χ4n) is 4.05. The van der Waals surface area contributed by atoms with Crippen LogP contribution in [0.3, 0.4) is 0 Å². The first-order valence-corrected chi connectivity index (χ1v) is 12.5. The van der Waals surface area contributed by atoms with E-state index >= 15 is 0 Å². The van der Waals surface area contributed by atoms with Crippen molar-refractivity contribution in [3.63, 3.8) is 0 Å². The molecule has 0 radical (unpaired) electrons. The lowest BCUT2D eigenvalue weighted by molar-refractivity contribution is -0.121. The Morgan fingerprint density at radius 3 is 2.47 bits per heavy atom.